The summed E-state index contributed by atoms with van der Waals surface area (Å²) in [6.07, 6.45) is 13.7. The molecular weight excluding hydrogens is 428 g/mol. The third-order valence-electron chi connectivity index (χ3n) is 7.54. The molecule has 2 nitrogen and oxygen atoms in total. The van der Waals surface area contributed by atoms with Crippen LogP contribution in [0.4, 0.5) is 11.4 Å². The van der Waals surface area contributed by atoms with Crippen molar-refractivity contribution in [3.05, 3.63) is 59.2 Å². The van der Waals surface area contributed by atoms with Gasteiger partial charge in [0.2, 0.25) is 0 Å². The Morgan fingerprint density at radius 1 is 0.647 bits per heavy atom. The van der Waals surface area contributed by atoms with Crippen molar-refractivity contribution in [2.45, 2.75) is 110 Å². The third-order valence-corrected chi connectivity index (χ3v) is 13.2. The molecule has 0 aliphatic heterocycles. The minimum absolute atomic E-state index is 1.03. The van der Waals surface area contributed by atoms with Gasteiger partial charge in [0.05, 0.1) is 19.4 Å². The second-order valence-electron chi connectivity index (χ2n) is 9.83. The molecular formula is C31H48N2Si. The first-order valence-electron chi connectivity index (χ1n) is 13.9. The van der Waals surface area contributed by atoms with Crippen molar-refractivity contribution in [1.29, 1.82) is 0 Å². The molecule has 2 rings (SSSR count). The van der Waals surface area contributed by atoms with Crippen LogP contribution in [0.5, 0.6) is 0 Å². The van der Waals surface area contributed by atoms with Gasteiger partial charge in [-0.1, -0.05) is 96.6 Å². The molecule has 0 heterocycles. The zero-order valence-corrected chi connectivity index (χ0v) is 23.6. The Hall–Kier alpha value is -2.00. The molecule has 2 aromatic carbocycles. The molecule has 0 saturated carbocycles. The first-order valence-corrected chi connectivity index (χ1v) is 16.7. The summed E-state index contributed by atoms with van der Waals surface area (Å²) in [5.74, 6) is 0. The average Bonchev–Trinajstić information content (AvgIpc) is 2.87. The predicted molar refractivity (Wildman–Crippen MR) is 157 cm³/mol. The number of aliphatic imine (C=N–C) groups is 2. The van der Waals surface area contributed by atoms with Crippen LogP contribution in [0, 0.1) is 0 Å². The normalized spacial score (nSPS) is 12.3. The topological polar surface area (TPSA) is 24.7 Å². The molecule has 0 aliphatic rings. The van der Waals surface area contributed by atoms with E-state index in [1.165, 1.54) is 85.8 Å². The van der Waals surface area contributed by atoms with E-state index < -0.39 is 8.07 Å². The number of rotatable bonds is 16. The molecule has 0 bridgehead atoms. The quantitative estimate of drug-likeness (QED) is 0.131. The highest BCUT2D eigenvalue weighted by Crippen LogP contribution is 2.27. The minimum Gasteiger partial charge on any atom is -0.255 e. The fourth-order valence-electron chi connectivity index (χ4n) is 4.84. The molecule has 34 heavy (non-hydrogen) atoms. The fourth-order valence-corrected chi connectivity index (χ4v) is 8.18. The van der Waals surface area contributed by atoms with Crippen molar-refractivity contribution in [1.82, 2.24) is 0 Å². The van der Waals surface area contributed by atoms with Crippen LogP contribution < -0.4 is 0 Å². The molecule has 0 N–H and O–H groups in total. The smallest absolute Gasteiger partial charge is 0.0633 e. The van der Waals surface area contributed by atoms with Crippen LogP contribution in [-0.4, -0.2) is 20.5 Å². The van der Waals surface area contributed by atoms with Crippen molar-refractivity contribution in [3.8, 4) is 0 Å². The van der Waals surface area contributed by atoms with Gasteiger partial charge in [-0.25, -0.2) is 0 Å². The number of nitrogens with zero attached hydrogens (tertiary/aromatic N) is 2. The van der Waals surface area contributed by atoms with Gasteiger partial charge < -0.3 is 0 Å². The van der Waals surface area contributed by atoms with Gasteiger partial charge in [-0.2, -0.15) is 0 Å². The Labute approximate surface area is 211 Å². The van der Waals surface area contributed by atoms with E-state index in [2.05, 4.69) is 82.1 Å². The van der Waals surface area contributed by atoms with Crippen molar-refractivity contribution in [2.75, 3.05) is 0 Å². The van der Waals surface area contributed by atoms with E-state index in [9.17, 15) is 0 Å². The second-order valence-corrected chi connectivity index (χ2v) is 15.3. The zero-order chi connectivity index (χ0) is 24.7. The summed E-state index contributed by atoms with van der Waals surface area (Å²) in [4.78, 5) is 9.38. The van der Waals surface area contributed by atoms with E-state index in [1.807, 2.05) is 12.4 Å². The molecule has 0 radical (unpaired) electrons. The number of aryl methyl sites for hydroxylation is 2. The van der Waals surface area contributed by atoms with Crippen LogP contribution in [0.15, 0.2) is 52.4 Å². The van der Waals surface area contributed by atoms with Crippen LogP contribution >= 0.6 is 0 Å². The Morgan fingerprint density at radius 3 is 1.82 bits per heavy atom. The van der Waals surface area contributed by atoms with E-state index in [0.717, 1.165) is 17.8 Å². The highest BCUT2D eigenvalue weighted by Gasteiger charge is 2.26. The molecule has 0 aromatic heterocycles. The zero-order valence-electron chi connectivity index (χ0n) is 22.6. The van der Waals surface area contributed by atoms with E-state index in [-0.39, 0.29) is 0 Å². The van der Waals surface area contributed by atoms with Crippen LogP contribution in [0.1, 0.15) is 89.8 Å². The van der Waals surface area contributed by atoms with Crippen molar-refractivity contribution in [3.63, 3.8) is 0 Å². The molecule has 0 spiro atoms. The third kappa shape index (κ3) is 9.33. The summed E-state index contributed by atoms with van der Waals surface area (Å²) in [6.45, 7) is 11.7. The second kappa shape index (κ2) is 15.8. The molecule has 0 atom stereocenters. The average molecular weight is 477 g/mol. The molecule has 186 valence electrons. The first-order chi connectivity index (χ1) is 16.6. The van der Waals surface area contributed by atoms with E-state index in [1.54, 1.807) is 0 Å². The van der Waals surface area contributed by atoms with E-state index in [0.29, 0.717) is 0 Å². The maximum absolute atomic E-state index is 4.70. The highest BCUT2D eigenvalue weighted by molar-refractivity contribution is 6.79. The van der Waals surface area contributed by atoms with Crippen molar-refractivity contribution < 1.29 is 0 Å². The minimum atomic E-state index is -1.18. The van der Waals surface area contributed by atoms with Crippen molar-refractivity contribution in [2.24, 2.45) is 9.98 Å². The lowest BCUT2D eigenvalue weighted by Gasteiger charge is -2.28. The van der Waals surface area contributed by atoms with Gasteiger partial charge in [0.15, 0.2) is 0 Å². The summed E-state index contributed by atoms with van der Waals surface area (Å²) < 4.78 is 0. The Morgan fingerprint density at radius 2 is 1.24 bits per heavy atom. The Kier molecular flexibility index (Phi) is 13.1. The number of hydrogen-bond acceptors (Lipinski definition) is 2. The van der Waals surface area contributed by atoms with Gasteiger partial charge in [0.1, 0.15) is 0 Å². The first kappa shape index (κ1) is 28.2. The van der Waals surface area contributed by atoms with Crippen LogP contribution in [-0.2, 0) is 18.9 Å². The summed E-state index contributed by atoms with van der Waals surface area (Å²) in [5.41, 5.74) is 6.51. The SMILES string of the molecule is CCCCCc1ccc(N=CC=Nc2cccc(C[Si](CC)(CC)CC)c2)cc1CCCCC. The monoisotopic (exact) mass is 476 g/mol. The number of unbranched alkanes of at least 4 members (excludes halogenated alkanes) is 4. The van der Waals surface area contributed by atoms with Crippen LogP contribution in [0.2, 0.25) is 18.1 Å². The summed E-state index contributed by atoms with van der Waals surface area (Å²) >= 11 is 0. The Balaban J connectivity index is 2.07. The summed E-state index contributed by atoms with van der Waals surface area (Å²) in [7, 11) is -1.18. The van der Waals surface area contributed by atoms with E-state index >= 15 is 0 Å². The number of benzene rings is 2. The molecule has 0 saturated heterocycles. The van der Waals surface area contributed by atoms with Crippen molar-refractivity contribution >= 4 is 31.9 Å². The lowest BCUT2D eigenvalue weighted by Crippen LogP contribution is -2.34. The lowest BCUT2D eigenvalue weighted by atomic mass is 9.96. The van der Waals surface area contributed by atoms with Crippen LogP contribution in [0.25, 0.3) is 0 Å². The number of hydrogen-bond donors (Lipinski definition) is 0. The standard InChI is InChI=1S/C31H48N2Si/c1-6-11-13-17-28-20-21-31(25-29(28)18-14-12-7-2)33-23-22-32-30-19-15-16-27(24-30)26-34(8-3,9-4)10-5/h15-16,19-25H,6-14,17-18,26H2,1-5H3. The maximum atomic E-state index is 4.70. The van der Waals surface area contributed by atoms with Gasteiger partial charge in [0.25, 0.3) is 0 Å². The predicted octanol–water partition coefficient (Wildman–Crippen LogP) is 9.85. The van der Waals surface area contributed by atoms with E-state index in [4.69, 9.17) is 4.99 Å². The molecule has 0 unspecified atom stereocenters. The fraction of sp³-hybridized carbons (Fsp3) is 0.548. The van der Waals surface area contributed by atoms with Gasteiger partial charge in [-0.05, 0) is 72.7 Å². The molecule has 0 amide bonds. The molecule has 0 aliphatic carbocycles. The summed E-state index contributed by atoms with van der Waals surface area (Å²) in [5, 5.41) is 0. The van der Waals surface area contributed by atoms with Gasteiger partial charge in [-0.15, -0.1) is 0 Å². The lowest BCUT2D eigenvalue weighted by molar-refractivity contribution is 0.693. The largest absolute Gasteiger partial charge is 0.255 e. The molecule has 0 fully saturated rings. The summed E-state index contributed by atoms with van der Waals surface area (Å²) in [6, 6.07) is 20.9. The highest BCUT2D eigenvalue weighted by atomic mass is 28.3. The molecule has 3 heteroatoms. The van der Waals surface area contributed by atoms with Crippen LogP contribution in [0.3, 0.4) is 0 Å². The molecule has 2 aromatic rings. The van der Waals surface area contributed by atoms with Gasteiger partial charge in [0, 0.05) is 12.4 Å². The van der Waals surface area contributed by atoms with Gasteiger partial charge >= 0.3 is 0 Å². The Bertz CT molecular complexity index is 888. The van der Waals surface area contributed by atoms with Gasteiger partial charge in [-0.3, -0.25) is 9.98 Å². The maximum Gasteiger partial charge on any atom is 0.0633 e.